The van der Waals surface area contributed by atoms with Gasteiger partial charge in [0.2, 0.25) is 5.91 Å². The number of hydrogen-bond donors (Lipinski definition) is 1. The van der Waals surface area contributed by atoms with Crippen LogP contribution in [0.3, 0.4) is 0 Å². The summed E-state index contributed by atoms with van der Waals surface area (Å²) in [6, 6.07) is 11.4. The van der Waals surface area contributed by atoms with Crippen LogP contribution in [0.15, 0.2) is 42.6 Å². The minimum atomic E-state index is -0.185. The summed E-state index contributed by atoms with van der Waals surface area (Å²) in [6.45, 7) is 3.26. The van der Waals surface area contributed by atoms with Crippen LogP contribution in [-0.4, -0.2) is 43.0 Å². The molecular formula is C24H30N4O3. The van der Waals surface area contributed by atoms with E-state index in [0.717, 1.165) is 43.1 Å². The van der Waals surface area contributed by atoms with Gasteiger partial charge in [-0.15, -0.1) is 0 Å². The van der Waals surface area contributed by atoms with Gasteiger partial charge in [0, 0.05) is 44.5 Å². The molecule has 4 rings (SSSR count). The molecule has 164 valence electrons. The molecule has 2 aliphatic rings. The van der Waals surface area contributed by atoms with Crippen LogP contribution < -0.4 is 19.9 Å². The zero-order valence-electron chi connectivity index (χ0n) is 17.9. The molecule has 2 aromatic rings. The van der Waals surface area contributed by atoms with Gasteiger partial charge in [0.15, 0.2) is 6.61 Å². The molecule has 2 amide bonds. The Kier molecular flexibility index (Phi) is 7.02. The number of anilines is 2. The zero-order valence-corrected chi connectivity index (χ0v) is 17.9. The molecule has 7 nitrogen and oxygen atoms in total. The van der Waals surface area contributed by atoms with Crippen molar-refractivity contribution in [1.82, 2.24) is 10.3 Å². The third kappa shape index (κ3) is 5.75. The Morgan fingerprint density at radius 2 is 1.74 bits per heavy atom. The summed E-state index contributed by atoms with van der Waals surface area (Å²) in [5, 5.41) is 2.87. The van der Waals surface area contributed by atoms with Crippen LogP contribution in [0.2, 0.25) is 0 Å². The lowest BCUT2D eigenvalue weighted by Gasteiger charge is -2.21. The molecule has 7 heteroatoms. The van der Waals surface area contributed by atoms with Gasteiger partial charge in [0.1, 0.15) is 11.6 Å². The molecule has 31 heavy (non-hydrogen) atoms. The van der Waals surface area contributed by atoms with Gasteiger partial charge in [0.05, 0.1) is 0 Å². The van der Waals surface area contributed by atoms with Gasteiger partial charge in [-0.1, -0.05) is 18.9 Å². The fourth-order valence-electron chi connectivity index (χ4n) is 4.05. The number of nitrogens with one attached hydrogen (secondary N) is 1. The minimum Gasteiger partial charge on any atom is -0.484 e. The standard InChI is InChI=1S/C24H30N4O3/c29-23(18-31-21-10-8-20(9-11-21)28-15-5-6-24(28)30)26-17-19-7-12-22(25-16-19)27-13-3-1-2-4-14-27/h7-12,16H,1-6,13-15,17-18H2,(H,26,29). The number of benzene rings is 1. The quantitative estimate of drug-likeness (QED) is 0.741. The fraction of sp³-hybridized carbons (Fsp3) is 0.458. The van der Waals surface area contributed by atoms with E-state index in [-0.39, 0.29) is 18.4 Å². The highest BCUT2D eigenvalue weighted by molar-refractivity contribution is 5.95. The van der Waals surface area contributed by atoms with Crippen molar-refractivity contribution in [2.75, 3.05) is 36.0 Å². The molecular weight excluding hydrogens is 392 g/mol. The van der Waals surface area contributed by atoms with Gasteiger partial charge in [-0.05, 0) is 55.2 Å². The highest BCUT2D eigenvalue weighted by Gasteiger charge is 2.21. The molecule has 1 aromatic carbocycles. The molecule has 0 unspecified atom stereocenters. The second kappa shape index (κ2) is 10.3. The summed E-state index contributed by atoms with van der Waals surface area (Å²) >= 11 is 0. The van der Waals surface area contributed by atoms with Gasteiger partial charge in [-0.3, -0.25) is 9.59 Å². The van der Waals surface area contributed by atoms with E-state index in [1.165, 1.54) is 25.7 Å². The number of nitrogens with zero attached hydrogens (tertiary/aromatic N) is 3. The van der Waals surface area contributed by atoms with Crippen LogP contribution >= 0.6 is 0 Å². The number of carbonyl (C=O) groups is 2. The van der Waals surface area contributed by atoms with E-state index in [0.29, 0.717) is 18.7 Å². The van der Waals surface area contributed by atoms with E-state index < -0.39 is 0 Å². The number of rotatable bonds is 7. The van der Waals surface area contributed by atoms with Crippen molar-refractivity contribution in [3.63, 3.8) is 0 Å². The molecule has 0 saturated carbocycles. The predicted octanol–water partition coefficient (Wildman–Crippen LogP) is 3.28. The first-order valence-electron chi connectivity index (χ1n) is 11.2. The summed E-state index contributed by atoms with van der Waals surface area (Å²) in [5.41, 5.74) is 1.84. The lowest BCUT2D eigenvalue weighted by molar-refractivity contribution is -0.123. The van der Waals surface area contributed by atoms with Crippen LogP contribution in [0.4, 0.5) is 11.5 Å². The molecule has 1 N–H and O–H groups in total. The lowest BCUT2D eigenvalue weighted by atomic mass is 10.2. The Balaban J connectivity index is 1.21. The van der Waals surface area contributed by atoms with E-state index in [4.69, 9.17) is 4.74 Å². The van der Waals surface area contributed by atoms with Gasteiger partial charge >= 0.3 is 0 Å². The van der Waals surface area contributed by atoms with Crippen molar-refractivity contribution in [2.45, 2.75) is 45.1 Å². The average Bonchev–Trinajstić information content (AvgIpc) is 3.05. The molecule has 0 spiro atoms. The van der Waals surface area contributed by atoms with E-state index in [1.807, 2.05) is 30.5 Å². The maximum Gasteiger partial charge on any atom is 0.258 e. The summed E-state index contributed by atoms with van der Waals surface area (Å²) in [7, 11) is 0. The number of aromatic nitrogens is 1. The van der Waals surface area contributed by atoms with Gasteiger partial charge in [0.25, 0.3) is 5.91 Å². The molecule has 2 aliphatic heterocycles. The van der Waals surface area contributed by atoms with Gasteiger partial charge in [-0.2, -0.15) is 0 Å². The molecule has 2 fully saturated rings. The second-order valence-corrected chi connectivity index (χ2v) is 8.13. The predicted molar refractivity (Wildman–Crippen MR) is 120 cm³/mol. The Hall–Kier alpha value is -3.09. The van der Waals surface area contributed by atoms with Crippen molar-refractivity contribution in [1.29, 1.82) is 0 Å². The normalized spacial score (nSPS) is 16.8. The van der Waals surface area contributed by atoms with Crippen LogP contribution in [0.1, 0.15) is 44.1 Å². The molecule has 0 atom stereocenters. The highest BCUT2D eigenvalue weighted by Crippen LogP contribution is 2.24. The monoisotopic (exact) mass is 422 g/mol. The minimum absolute atomic E-state index is 0.0543. The summed E-state index contributed by atoms with van der Waals surface area (Å²) in [6.07, 6.45) is 8.37. The number of amides is 2. The third-order valence-electron chi connectivity index (χ3n) is 5.82. The van der Waals surface area contributed by atoms with Crippen LogP contribution in [0.25, 0.3) is 0 Å². The summed E-state index contributed by atoms with van der Waals surface area (Å²) < 4.78 is 5.57. The van der Waals surface area contributed by atoms with Crippen molar-refractivity contribution >= 4 is 23.3 Å². The van der Waals surface area contributed by atoms with Crippen LogP contribution in [-0.2, 0) is 16.1 Å². The van der Waals surface area contributed by atoms with E-state index in [1.54, 1.807) is 17.0 Å². The first-order chi connectivity index (χ1) is 15.2. The molecule has 0 aliphatic carbocycles. The SMILES string of the molecule is O=C(COc1ccc(N2CCCC2=O)cc1)NCc1ccc(N2CCCCCC2)nc1. The average molecular weight is 423 g/mol. The molecule has 0 bridgehead atoms. The largest absolute Gasteiger partial charge is 0.484 e. The molecule has 0 radical (unpaired) electrons. The molecule has 2 saturated heterocycles. The highest BCUT2D eigenvalue weighted by atomic mass is 16.5. The summed E-state index contributed by atoms with van der Waals surface area (Å²) in [4.78, 5) is 32.7. The van der Waals surface area contributed by atoms with Crippen LogP contribution in [0, 0.1) is 0 Å². The van der Waals surface area contributed by atoms with Crippen LogP contribution in [0.5, 0.6) is 5.75 Å². The third-order valence-corrected chi connectivity index (χ3v) is 5.82. The van der Waals surface area contributed by atoms with E-state index >= 15 is 0 Å². The van der Waals surface area contributed by atoms with E-state index in [2.05, 4.69) is 15.2 Å². The number of hydrogen-bond acceptors (Lipinski definition) is 5. The number of pyridine rings is 1. The first kappa shape index (κ1) is 21.2. The second-order valence-electron chi connectivity index (χ2n) is 8.13. The van der Waals surface area contributed by atoms with Gasteiger partial charge in [-0.25, -0.2) is 4.98 Å². The Morgan fingerprint density at radius 1 is 0.968 bits per heavy atom. The Morgan fingerprint density at radius 3 is 2.39 bits per heavy atom. The lowest BCUT2D eigenvalue weighted by Crippen LogP contribution is -2.28. The van der Waals surface area contributed by atoms with Gasteiger partial charge < -0.3 is 19.9 Å². The van der Waals surface area contributed by atoms with Crippen molar-refractivity contribution in [3.8, 4) is 5.75 Å². The molecule has 1 aromatic heterocycles. The van der Waals surface area contributed by atoms with Crippen molar-refractivity contribution < 1.29 is 14.3 Å². The maximum atomic E-state index is 12.1. The Bertz CT molecular complexity index is 875. The molecule has 3 heterocycles. The fourth-order valence-corrected chi connectivity index (χ4v) is 4.05. The smallest absolute Gasteiger partial charge is 0.258 e. The maximum absolute atomic E-state index is 12.1. The Labute approximate surface area is 183 Å². The summed E-state index contributed by atoms with van der Waals surface area (Å²) in [5.74, 6) is 1.59. The van der Waals surface area contributed by atoms with Crippen molar-refractivity contribution in [3.05, 3.63) is 48.2 Å². The topological polar surface area (TPSA) is 74.8 Å². The number of ether oxygens (including phenoxy) is 1. The zero-order chi connectivity index (χ0) is 21.5. The number of carbonyl (C=O) groups excluding carboxylic acids is 2. The first-order valence-corrected chi connectivity index (χ1v) is 11.2. The van der Waals surface area contributed by atoms with Crippen molar-refractivity contribution in [2.24, 2.45) is 0 Å². The van der Waals surface area contributed by atoms with E-state index in [9.17, 15) is 9.59 Å².